The van der Waals surface area contributed by atoms with E-state index >= 15 is 0 Å². The fourth-order valence-electron chi connectivity index (χ4n) is 1.62. The number of rotatable bonds is 2. The summed E-state index contributed by atoms with van der Waals surface area (Å²) in [5.41, 5.74) is 1.93. The molecule has 1 atom stereocenters. The highest BCUT2D eigenvalue weighted by atomic mass is 32.2. The molecule has 0 saturated carbocycles. The summed E-state index contributed by atoms with van der Waals surface area (Å²) in [5.74, 6) is 0. The zero-order valence-corrected chi connectivity index (χ0v) is 8.29. The summed E-state index contributed by atoms with van der Waals surface area (Å²) in [6, 6.07) is 5.33. The molecule has 0 saturated heterocycles. The second kappa shape index (κ2) is 3.51. The Kier molecular flexibility index (Phi) is 2.35. The number of nitrogens with zero attached hydrogens (tertiary/aromatic N) is 1. The van der Waals surface area contributed by atoms with Crippen LogP contribution in [0, 0.1) is 0 Å². The second-order valence-electron chi connectivity index (χ2n) is 3.14. The Morgan fingerprint density at radius 3 is 2.93 bits per heavy atom. The summed E-state index contributed by atoms with van der Waals surface area (Å²) in [6.07, 6.45) is 1.64. The SMILES string of the molecule is NS(=O)c1ccc2c(c1)N(C=O)CC2. The van der Waals surface area contributed by atoms with Crippen molar-refractivity contribution in [1.29, 1.82) is 0 Å². The first-order valence-electron chi connectivity index (χ1n) is 4.23. The molecular weight excluding hydrogens is 200 g/mol. The van der Waals surface area contributed by atoms with E-state index in [1.165, 1.54) is 0 Å². The van der Waals surface area contributed by atoms with E-state index in [4.69, 9.17) is 5.14 Å². The molecule has 2 rings (SSSR count). The average molecular weight is 210 g/mol. The molecule has 2 N–H and O–H groups in total. The lowest BCUT2D eigenvalue weighted by Crippen LogP contribution is -2.17. The molecule has 0 aromatic heterocycles. The molecule has 0 spiro atoms. The van der Waals surface area contributed by atoms with E-state index in [9.17, 15) is 9.00 Å². The Morgan fingerprint density at radius 1 is 1.50 bits per heavy atom. The number of hydrogen-bond acceptors (Lipinski definition) is 2. The average Bonchev–Trinajstić information content (AvgIpc) is 2.59. The highest BCUT2D eigenvalue weighted by molar-refractivity contribution is 7.82. The van der Waals surface area contributed by atoms with Gasteiger partial charge in [-0.3, -0.25) is 4.79 Å². The van der Waals surface area contributed by atoms with Gasteiger partial charge in [0.2, 0.25) is 6.41 Å². The maximum Gasteiger partial charge on any atom is 0.214 e. The van der Waals surface area contributed by atoms with E-state index in [0.717, 1.165) is 24.1 Å². The van der Waals surface area contributed by atoms with Crippen LogP contribution in [0.15, 0.2) is 23.1 Å². The quantitative estimate of drug-likeness (QED) is 0.708. The van der Waals surface area contributed by atoms with Gasteiger partial charge in [-0.05, 0) is 24.1 Å². The summed E-state index contributed by atoms with van der Waals surface area (Å²) >= 11 is 0. The van der Waals surface area contributed by atoms with Gasteiger partial charge < -0.3 is 4.90 Å². The van der Waals surface area contributed by atoms with Crippen molar-refractivity contribution >= 4 is 23.1 Å². The molecule has 74 valence electrons. The third kappa shape index (κ3) is 1.44. The molecule has 4 nitrogen and oxygen atoms in total. The number of benzene rings is 1. The molecular formula is C9H10N2O2S. The van der Waals surface area contributed by atoms with Crippen LogP contribution in [0.4, 0.5) is 5.69 Å². The van der Waals surface area contributed by atoms with Crippen molar-refractivity contribution in [2.24, 2.45) is 5.14 Å². The first-order valence-corrected chi connectivity index (χ1v) is 5.44. The maximum atomic E-state index is 11.0. The van der Waals surface area contributed by atoms with Gasteiger partial charge in [-0.25, -0.2) is 9.35 Å². The van der Waals surface area contributed by atoms with Crippen LogP contribution < -0.4 is 10.0 Å². The molecule has 14 heavy (non-hydrogen) atoms. The molecule has 1 heterocycles. The minimum Gasteiger partial charge on any atom is -0.314 e. The van der Waals surface area contributed by atoms with Crippen LogP contribution in [0.25, 0.3) is 0 Å². The van der Waals surface area contributed by atoms with Crippen LogP contribution in [0.3, 0.4) is 0 Å². The first kappa shape index (κ1) is 9.36. The summed E-state index contributed by atoms with van der Waals surface area (Å²) in [6.45, 7) is 0.694. The van der Waals surface area contributed by atoms with Crippen LogP contribution >= 0.6 is 0 Å². The highest BCUT2D eigenvalue weighted by Gasteiger charge is 2.18. The van der Waals surface area contributed by atoms with E-state index in [2.05, 4.69) is 0 Å². The molecule has 0 aliphatic carbocycles. The van der Waals surface area contributed by atoms with Crippen molar-refractivity contribution in [2.45, 2.75) is 11.3 Å². The Labute approximate surface area is 84.3 Å². The highest BCUT2D eigenvalue weighted by Crippen LogP contribution is 2.28. The topological polar surface area (TPSA) is 63.4 Å². The van der Waals surface area contributed by atoms with Gasteiger partial charge >= 0.3 is 0 Å². The molecule has 1 aromatic carbocycles. The van der Waals surface area contributed by atoms with Crippen LogP contribution in [0.2, 0.25) is 0 Å². The Hall–Kier alpha value is -1.20. The Morgan fingerprint density at radius 2 is 2.29 bits per heavy atom. The normalized spacial score (nSPS) is 16.5. The summed E-state index contributed by atoms with van der Waals surface area (Å²) in [4.78, 5) is 12.8. The summed E-state index contributed by atoms with van der Waals surface area (Å²) in [7, 11) is -1.48. The third-order valence-corrected chi connectivity index (χ3v) is 3.07. The van der Waals surface area contributed by atoms with Gasteiger partial charge in [0.25, 0.3) is 0 Å². The maximum absolute atomic E-state index is 11.0. The van der Waals surface area contributed by atoms with Crippen molar-refractivity contribution in [2.75, 3.05) is 11.4 Å². The standard InChI is InChI=1S/C9H10N2O2S/c10-14(13)8-2-1-7-3-4-11(6-12)9(7)5-8/h1-2,5-6H,3-4,10H2. The molecule has 0 fully saturated rings. The predicted molar refractivity (Wildman–Crippen MR) is 54.2 cm³/mol. The van der Waals surface area contributed by atoms with E-state index < -0.39 is 11.0 Å². The van der Waals surface area contributed by atoms with Crippen molar-refractivity contribution in [3.63, 3.8) is 0 Å². The molecule has 0 bridgehead atoms. The van der Waals surface area contributed by atoms with Gasteiger partial charge in [0.05, 0.1) is 4.90 Å². The van der Waals surface area contributed by atoms with E-state index in [1.54, 1.807) is 17.0 Å². The lowest BCUT2D eigenvalue weighted by molar-refractivity contribution is -0.107. The first-order chi connectivity index (χ1) is 6.72. The molecule has 1 aromatic rings. The van der Waals surface area contributed by atoms with Gasteiger partial charge in [0, 0.05) is 12.2 Å². The number of fused-ring (bicyclic) bond motifs is 1. The van der Waals surface area contributed by atoms with E-state index in [0.29, 0.717) is 11.4 Å². The van der Waals surface area contributed by atoms with Gasteiger partial charge in [0.15, 0.2) is 0 Å². The van der Waals surface area contributed by atoms with Gasteiger partial charge in [-0.1, -0.05) is 6.07 Å². The summed E-state index contributed by atoms with van der Waals surface area (Å²) in [5, 5.41) is 5.26. The van der Waals surface area contributed by atoms with Crippen LogP contribution in [-0.4, -0.2) is 17.2 Å². The second-order valence-corrected chi connectivity index (χ2v) is 4.20. The minimum atomic E-state index is -1.48. The predicted octanol–water partition coefficient (Wildman–Crippen LogP) is 0.187. The molecule has 5 heteroatoms. The fourth-order valence-corrected chi connectivity index (χ4v) is 2.05. The van der Waals surface area contributed by atoms with E-state index in [-0.39, 0.29) is 0 Å². The van der Waals surface area contributed by atoms with Gasteiger partial charge in [0.1, 0.15) is 11.0 Å². The molecule has 0 radical (unpaired) electrons. The largest absolute Gasteiger partial charge is 0.314 e. The number of hydrogen-bond donors (Lipinski definition) is 1. The number of anilines is 1. The number of amides is 1. The molecule has 1 unspecified atom stereocenters. The van der Waals surface area contributed by atoms with Crippen molar-refractivity contribution in [3.8, 4) is 0 Å². The minimum absolute atomic E-state index is 0.553. The monoisotopic (exact) mass is 210 g/mol. The van der Waals surface area contributed by atoms with Gasteiger partial charge in [-0.2, -0.15) is 0 Å². The number of carbonyl (C=O) groups is 1. The Balaban J connectivity index is 2.47. The van der Waals surface area contributed by atoms with Crippen LogP contribution in [0.5, 0.6) is 0 Å². The smallest absolute Gasteiger partial charge is 0.214 e. The lowest BCUT2D eigenvalue weighted by atomic mass is 10.2. The van der Waals surface area contributed by atoms with Crippen molar-refractivity contribution in [3.05, 3.63) is 23.8 Å². The zero-order valence-electron chi connectivity index (χ0n) is 7.47. The zero-order chi connectivity index (χ0) is 10.1. The molecule has 1 aliphatic heterocycles. The number of carbonyl (C=O) groups excluding carboxylic acids is 1. The van der Waals surface area contributed by atoms with Crippen molar-refractivity contribution < 1.29 is 9.00 Å². The lowest BCUT2D eigenvalue weighted by Gasteiger charge is -2.10. The number of nitrogens with two attached hydrogens (primary N) is 1. The third-order valence-electron chi connectivity index (χ3n) is 2.35. The Bertz CT molecular complexity index is 406. The molecule has 1 aliphatic rings. The van der Waals surface area contributed by atoms with E-state index in [1.807, 2.05) is 6.07 Å². The molecule has 1 amide bonds. The van der Waals surface area contributed by atoms with Crippen LogP contribution in [-0.2, 0) is 22.2 Å². The van der Waals surface area contributed by atoms with Crippen LogP contribution in [0.1, 0.15) is 5.56 Å². The van der Waals surface area contributed by atoms with Crippen molar-refractivity contribution in [1.82, 2.24) is 0 Å². The summed E-state index contributed by atoms with van der Waals surface area (Å²) < 4.78 is 11.0. The fraction of sp³-hybridized carbons (Fsp3) is 0.222. The van der Waals surface area contributed by atoms with Gasteiger partial charge in [-0.15, -0.1) is 0 Å².